The minimum Gasteiger partial charge on any atom is -0.370 e. The highest BCUT2D eigenvalue weighted by Crippen LogP contribution is 2.41. The molecule has 0 aromatic rings. The molecule has 0 radical (unpaired) electrons. The molecule has 1 heterocycles. The lowest BCUT2D eigenvalue weighted by Crippen LogP contribution is -2.35. The number of ether oxygens (including phenoxy) is 1. The van der Waals surface area contributed by atoms with Gasteiger partial charge in [-0.1, -0.05) is 26.2 Å². The lowest BCUT2D eigenvalue weighted by atomic mass is 9.83. The van der Waals surface area contributed by atoms with E-state index in [9.17, 15) is 0 Å². The molecule has 17 heavy (non-hydrogen) atoms. The van der Waals surface area contributed by atoms with Gasteiger partial charge >= 0.3 is 0 Å². The molecule has 2 atom stereocenters. The van der Waals surface area contributed by atoms with Gasteiger partial charge in [-0.3, -0.25) is 0 Å². The van der Waals surface area contributed by atoms with Gasteiger partial charge in [-0.15, -0.1) is 11.6 Å². The van der Waals surface area contributed by atoms with Crippen LogP contribution in [0.3, 0.4) is 0 Å². The molecule has 100 valence electrons. The topological polar surface area (TPSA) is 21.3 Å². The fraction of sp³-hybridized carbons (Fsp3) is 1.00. The van der Waals surface area contributed by atoms with E-state index in [4.69, 9.17) is 16.3 Å². The van der Waals surface area contributed by atoms with Crippen molar-refractivity contribution in [1.29, 1.82) is 0 Å². The van der Waals surface area contributed by atoms with Crippen LogP contribution in [0.5, 0.6) is 0 Å². The molecule has 2 fully saturated rings. The summed E-state index contributed by atoms with van der Waals surface area (Å²) < 4.78 is 6.31. The standard InChI is InChI=1S/C14H26ClNO/c1-12(9-15)10-16-11-13-5-8-14(17-13)6-3-2-4-7-14/h12-13,16H,2-11H2,1H3. The summed E-state index contributed by atoms with van der Waals surface area (Å²) in [5, 5.41) is 3.49. The molecule has 1 saturated heterocycles. The van der Waals surface area contributed by atoms with Gasteiger partial charge in [0.2, 0.25) is 0 Å². The molecule has 1 spiro atoms. The minimum atomic E-state index is 0.267. The summed E-state index contributed by atoms with van der Waals surface area (Å²) in [5.74, 6) is 1.30. The second kappa shape index (κ2) is 6.40. The van der Waals surface area contributed by atoms with E-state index in [0.29, 0.717) is 12.0 Å². The van der Waals surface area contributed by atoms with Gasteiger partial charge in [-0.25, -0.2) is 0 Å². The Hall–Kier alpha value is 0.210. The van der Waals surface area contributed by atoms with Crippen LogP contribution in [0.2, 0.25) is 0 Å². The Balaban J connectivity index is 1.67. The van der Waals surface area contributed by atoms with Crippen LogP contribution in [0.4, 0.5) is 0 Å². The Bertz CT molecular complexity index is 228. The highest BCUT2D eigenvalue weighted by molar-refractivity contribution is 6.18. The van der Waals surface area contributed by atoms with Gasteiger partial charge in [0.25, 0.3) is 0 Å². The molecular weight excluding hydrogens is 234 g/mol. The van der Waals surface area contributed by atoms with Crippen molar-refractivity contribution in [2.75, 3.05) is 19.0 Å². The van der Waals surface area contributed by atoms with Crippen molar-refractivity contribution in [2.24, 2.45) is 5.92 Å². The SMILES string of the molecule is CC(CCl)CNCC1CCC2(CCCCC2)O1. The zero-order chi connectivity index (χ0) is 12.1. The van der Waals surface area contributed by atoms with Gasteiger partial charge in [-0.05, 0) is 38.1 Å². The van der Waals surface area contributed by atoms with Crippen molar-refractivity contribution in [3.8, 4) is 0 Å². The number of alkyl halides is 1. The Morgan fingerprint density at radius 2 is 2.06 bits per heavy atom. The molecular formula is C14H26ClNO. The lowest BCUT2D eigenvalue weighted by Gasteiger charge is -2.33. The second-order valence-electron chi connectivity index (χ2n) is 5.94. The minimum absolute atomic E-state index is 0.267. The summed E-state index contributed by atoms with van der Waals surface area (Å²) in [6, 6.07) is 0. The average Bonchev–Trinajstić information content (AvgIpc) is 2.73. The van der Waals surface area contributed by atoms with Crippen molar-refractivity contribution >= 4 is 11.6 Å². The zero-order valence-corrected chi connectivity index (χ0v) is 11.8. The molecule has 0 aromatic carbocycles. The molecule has 1 aliphatic heterocycles. The third-order valence-electron chi connectivity index (χ3n) is 4.23. The normalized spacial score (nSPS) is 29.6. The predicted octanol–water partition coefficient (Wildman–Crippen LogP) is 3.33. The van der Waals surface area contributed by atoms with Crippen molar-refractivity contribution in [1.82, 2.24) is 5.32 Å². The first-order valence-electron chi connectivity index (χ1n) is 7.19. The first-order valence-corrected chi connectivity index (χ1v) is 7.72. The molecule has 2 rings (SSSR count). The monoisotopic (exact) mass is 259 g/mol. The van der Waals surface area contributed by atoms with Crippen LogP contribution in [0.25, 0.3) is 0 Å². The molecule has 2 nitrogen and oxygen atoms in total. The quantitative estimate of drug-likeness (QED) is 0.765. The van der Waals surface area contributed by atoms with Crippen LogP contribution in [0, 0.1) is 5.92 Å². The maximum Gasteiger partial charge on any atom is 0.0708 e. The molecule has 0 aromatic heterocycles. The molecule has 1 saturated carbocycles. The Morgan fingerprint density at radius 1 is 1.29 bits per heavy atom. The smallest absolute Gasteiger partial charge is 0.0708 e. The zero-order valence-electron chi connectivity index (χ0n) is 11.0. The Labute approximate surface area is 110 Å². The molecule has 1 N–H and O–H groups in total. The summed E-state index contributed by atoms with van der Waals surface area (Å²) >= 11 is 5.79. The van der Waals surface area contributed by atoms with Crippen LogP contribution >= 0.6 is 11.6 Å². The summed E-state index contributed by atoms with van der Waals surface area (Å²) in [4.78, 5) is 0. The van der Waals surface area contributed by atoms with Crippen LogP contribution in [-0.2, 0) is 4.74 Å². The highest BCUT2D eigenvalue weighted by atomic mass is 35.5. The van der Waals surface area contributed by atoms with Crippen LogP contribution in [-0.4, -0.2) is 30.7 Å². The average molecular weight is 260 g/mol. The van der Waals surface area contributed by atoms with Gasteiger partial charge in [0.15, 0.2) is 0 Å². The maximum atomic E-state index is 6.31. The molecule has 0 amide bonds. The highest BCUT2D eigenvalue weighted by Gasteiger charge is 2.40. The van der Waals surface area contributed by atoms with E-state index in [1.807, 2.05) is 0 Å². The summed E-state index contributed by atoms with van der Waals surface area (Å²) in [5.41, 5.74) is 0.267. The fourth-order valence-corrected chi connectivity index (χ4v) is 3.26. The summed E-state index contributed by atoms with van der Waals surface area (Å²) in [7, 11) is 0. The number of nitrogens with one attached hydrogen (secondary N) is 1. The van der Waals surface area contributed by atoms with E-state index in [0.717, 1.165) is 19.0 Å². The van der Waals surface area contributed by atoms with Crippen molar-refractivity contribution in [2.45, 2.75) is 63.6 Å². The van der Waals surface area contributed by atoms with Crippen molar-refractivity contribution in [3.63, 3.8) is 0 Å². The van der Waals surface area contributed by atoms with Gasteiger partial charge in [0, 0.05) is 12.4 Å². The van der Waals surface area contributed by atoms with Gasteiger partial charge < -0.3 is 10.1 Å². The summed E-state index contributed by atoms with van der Waals surface area (Å²) in [6.07, 6.45) is 9.68. The van der Waals surface area contributed by atoms with Crippen molar-refractivity contribution in [3.05, 3.63) is 0 Å². The third kappa shape index (κ3) is 3.84. The summed E-state index contributed by atoms with van der Waals surface area (Å²) in [6.45, 7) is 4.19. The number of halogens is 1. The third-order valence-corrected chi connectivity index (χ3v) is 4.76. The molecule has 3 heteroatoms. The number of rotatable bonds is 5. The Morgan fingerprint density at radius 3 is 2.76 bits per heavy atom. The molecule has 0 bridgehead atoms. The van der Waals surface area contributed by atoms with E-state index >= 15 is 0 Å². The first-order chi connectivity index (χ1) is 8.24. The van der Waals surface area contributed by atoms with E-state index in [1.54, 1.807) is 0 Å². The largest absolute Gasteiger partial charge is 0.370 e. The molecule has 2 aliphatic rings. The predicted molar refractivity (Wildman–Crippen MR) is 72.7 cm³/mol. The van der Waals surface area contributed by atoms with Gasteiger partial charge in [-0.2, -0.15) is 0 Å². The lowest BCUT2D eigenvalue weighted by molar-refractivity contribution is -0.0624. The van der Waals surface area contributed by atoms with E-state index in [2.05, 4.69) is 12.2 Å². The van der Waals surface area contributed by atoms with Crippen LogP contribution < -0.4 is 5.32 Å². The number of hydrogen-bond donors (Lipinski definition) is 1. The fourth-order valence-electron chi connectivity index (χ4n) is 3.15. The van der Waals surface area contributed by atoms with E-state index in [1.165, 1.54) is 44.9 Å². The molecule has 1 aliphatic carbocycles. The van der Waals surface area contributed by atoms with E-state index in [-0.39, 0.29) is 5.60 Å². The van der Waals surface area contributed by atoms with Crippen molar-refractivity contribution < 1.29 is 4.74 Å². The van der Waals surface area contributed by atoms with Crippen LogP contribution in [0.15, 0.2) is 0 Å². The maximum absolute atomic E-state index is 6.31. The molecule has 2 unspecified atom stereocenters. The Kier molecular flexibility index (Phi) is 5.13. The van der Waals surface area contributed by atoms with E-state index < -0.39 is 0 Å². The van der Waals surface area contributed by atoms with Crippen LogP contribution in [0.1, 0.15) is 51.9 Å². The van der Waals surface area contributed by atoms with Gasteiger partial charge in [0.1, 0.15) is 0 Å². The van der Waals surface area contributed by atoms with Gasteiger partial charge in [0.05, 0.1) is 11.7 Å². The number of hydrogen-bond acceptors (Lipinski definition) is 2. The first kappa shape index (κ1) is 13.6. The second-order valence-corrected chi connectivity index (χ2v) is 6.25.